The highest BCUT2D eigenvalue weighted by Crippen LogP contribution is 2.13. The van der Waals surface area contributed by atoms with Crippen molar-refractivity contribution in [3.8, 4) is 0 Å². The van der Waals surface area contributed by atoms with Crippen LogP contribution >= 0.6 is 11.3 Å². The largest absolute Gasteiger partial charge is 0.451 e. The van der Waals surface area contributed by atoms with Gasteiger partial charge in [-0.05, 0) is 13.0 Å². The minimum Gasteiger partial charge on any atom is -0.451 e. The zero-order valence-electron chi connectivity index (χ0n) is 12.2. The maximum atomic E-state index is 13.5. The molecule has 0 saturated heterocycles. The highest BCUT2D eigenvalue weighted by Gasteiger charge is 2.16. The van der Waals surface area contributed by atoms with E-state index in [1.807, 2.05) is 0 Å². The van der Waals surface area contributed by atoms with Gasteiger partial charge in [-0.3, -0.25) is 4.79 Å². The number of hydrogen-bond donors (Lipinski definition) is 0. The van der Waals surface area contributed by atoms with E-state index < -0.39 is 11.9 Å². The number of hydrogen-bond acceptors (Lipinski definition) is 5. The zero-order valence-corrected chi connectivity index (χ0v) is 13.0. The van der Waals surface area contributed by atoms with E-state index in [0.717, 1.165) is 5.01 Å². The van der Waals surface area contributed by atoms with Crippen LogP contribution in [0.2, 0.25) is 0 Å². The van der Waals surface area contributed by atoms with Crippen LogP contribution in [0.1, 0.15) is 20.2 Å². The molecule has 0 saturated carbocycles. The third-order valence-electron chi connectivity index (χ3n) is 2.94. The Bertz CT molecular complexity index is 687. The Kier molecular flexibility index (Phi) is 5.21. The van der Waals surface area contributed by atoms with Crippen molar-refractivity contribution >= 4 is 23.2 Å². The predicted molar refractivity (Wildman–Crippen MR) is 80.0 cm³/mol. The van der Waals surface area contributed by atoms with Gasteiger partial charge in [0.25, 0.3) is 5.91 Å². The van der Waals surface area contributed by atoms with E-state index in [1.54, 1.807) is 25.1 Å². The molecule has 7 heteroatoms. The molecule has 116 valence electrons. The van der Waals surface area contributed by atoms with E-state index in [4.69, 9.17) is 4.74 Å². The zero-order chi connectivity index (χ0) is 16.1. The number of benzene rings is 1. The van der Waals surface area contributed by atoms with Gasteiger partial charge in [-0.1, -0.05) is 18.2 Å². The van der Waals surface area contributed by atoms with Crippen LogP contribution in [-0.4, -0.2) is 35.4 Å². The summed E-state index contributed by atoms with van der Waals surface area (Å²) >= 11 is 1.20. The van der Waals surface area contributed by atoms with Gasteiger partial charge in [0.2, 0.25) is 0 Å². The number of ether oxygens (including phenoxy) is 1. The second-order valence-corrected chi connectivity index (χ2v) is 5.90. The minimum absolute atomic E-state index is 0.114. The van der Waals surface area contributed by atoms with E-state index in [9.17, 15) is 14.0 Å². The van der Waals surface area contributed by atoms with Crippen molar-refractivity contribution in [2.24, 2.45) is 0 Å². The topological polar surface area (TPSA) is 59.5 Å². The quantitative estimate of drug-likeness (QED) is 0.793. The molecule has 0 aliphatic heterocycles. The molecule has 0 spiro atoms. The lowest BCUT2D eigenvalue weighted by Gasteiger charge is -2.17. The summed E-state index contributed by atoms with van der Waals surface area (Å²) in [6, 6.07) is 6.22. The summed E-state index contributed by atoms with van der Waals surface area (Å²) in [6.07, 6.45) is 1.41. The fourth-order valence-electron chi connectivity index (χ4n) is 1.73. The molecule has 0 bridgehead atoms. The molecule has 0 unspecified atom stereocenters. The summed E-state index contributed by atoms with van der Waals surface area (Å²) in [7, 11) is 1.53. The van der Waals surface area contributed by atoms with Crippen molar-refractivity contribution in [2.45, 2.75) is 13.5 Å². The van der Waals surface area contributed by atoms with Gasteiger partial charge in [-0.25, -0.2) is 14.2 Å². The smallest absolute Gasteiger partial charge is 0.350 e. The van der Waals surface area contributed by atoms with Gasteiger partial charge >= 0.3 is 5.97 Å². The first-order valence-corrected chi connectivity index (χ1v) is 7.36. The number of amides is 1. The molecule has 0 fully saturated rings. The van der Waals surface area contributed by atoms with E-state index in [-0.39, 0.29) is 19.0 Å². The standard InChI is InChI=1S/C15H15FN2O3S/c1-10-17-7-13(22-10)15(20)21-9-14(19)18(2)8-11-5-3-4-6-12(11)16/h3-7H,8-9H2,1-2H3. The Balaban J connectivity index is 1.86. The number of nitrogens with zero attached hydrogens (tertiary/aromatic N) is 2. The Morgan fingerprint density at radius 3 is 2.73 bits per heavy atom. The van der Waals surface area contributed by atoms with Gasteiger partial charge in [-0.2, -0.15) is 0 Å². The summed E-state index contributed by atoms with van der Waals surface area (Å²) in [5.74, 6) is -1.37. The number of carbonyl (C=O) groups excluding carboxylic acids is 2. The van der Waals surface area contributed by atoms with Gasteiger partial charge in [0, 0.05) is 19.2 Å². The van der Waals surface area contributed by atoms with E-state index >= 15 is 0 Å². The van der Waals surface area contributed by atoms with Gasteiger partial charge < -0.3 is 9.64 Å². The van der Waals surface area contributed by atoms with Crippen molar-refractivity contribution in [3.05, 3.63) is 51.7 Å². The maximum Gasteiger partial charge on any atom is 0.350 e. The normalized spacial score (nSPS) is 10.3. The Morgan fingerprint density at radius 2 is 2.09 bits per heavy atom. The number of carbonyl (C=O) groups is 2. The lowest BCUT2D eigenvalue weighted by molar-refractivity contribution is -0.133. The molecule has 0 N–H and O–H groups in total. The Labute approximate surface area is 131 Å². The van der Waals surface area contributed by atoms with Crippen molar-refractivity contribution in [1.29, 1.82) is 0 Å². The van der Waals surface area contributed by atoms with Crippen LogP contribution < -0.4 is 0 Å². The molecular formula is C15H15FN2O3S. The fourth-order valence-corrected chi connectivity index (χ4v) is 2.41. The summed E-state index contributed by atoms with van der Waals surface area (Å²) in [6.45, 7) is 1.50. The SMILES string of the molecule is Cc1ncc(C(=O)OCC(=O)N(C)Cc2ccccc2F)s1. The minimum atomic E-state index is -0.585. The van der Waals surface area contributed by atoms with Crippen LogP contribution in [0.3, 0.4) is 0 Å². The molecule has 0 aliphatic carbocycles. The first-order valence-electron chi connectivity index (χ1n) is 6.54. The van der Waals surface area contributed by atoms with Crippen LogP contribution in [0.4, 0.5) is 4.39 Å². The number of halogens is 1. The van der Waals surface area contributed by atoms with Gasteiger partial charge in [0.05, 0.1) is 11.2 Å². The van der Waals surface area contributed by atoms with Crippen molar-refractivity contribution in [1.82, 2.24) is 9.88 Å². The maximum absolute atomic E-state index is 13.5. The molecule has 2 rings (SSSR count). The molecule has 1 aromatic heterocycles. The fraction of sp³-hybridized carbons (Fsp3) is 0.267. The third-order valence-corrected chi connectivity index (χ3v) is 3.83. The van der Waals surface area contributed by atoms with Crippen LogP contribution in [0.25, 0.3) is 0 Å². The first kappa shape index (κ1) is 16.1. The molecule has 1 heterocycles. The van der Waals surface area contributed by atoms with Gasteiger partial charge in [0.1, 0.15) is 10.7 Å². The number of rotatable bonds is 5. The van der Waals surface area contributed by atoms with Crippen LogP contribution in [0, 0.1) is 12.7 Å². The molecule has 1 amide bonds. The predicted octanol–water partition coefficient (Wildman–Crippen LogP) is 2.41. The van der Waals surface area contributed by atoms with Crippen LogP contribution in [0.15, 0.2) is 30.5 Å². The van der Waals surface area contributed by atoms with E-state index in [0.29, 0.717) is 10.4 Å². The first-order chi connectivity index (χ1) is 10.5. The molecule has 0 atom stereocenters. The van der Waals surface area contributed by atoms with Gasteiger partial charge in [0.15, 0.2) is 6.61 Å². The lowest BCUT2D eigenvalue weighted by Crippen LogP contribution is -2.31. The Morgan fingerprint density at radius 1 is 1.36 bits per heavy atom. The molecular weight excluding hydrogens is 307 g/mol. The van der Waals surface area contributed by atoms with Gasteiger partial charge in [-0.15, -0.1) is 11.3 Å². The molecule has 22 heavy (non-hydrogen) atoms. The molecule has 5 nitrogen and oxygen atoms in total. The Hall–Kier alpha value is -2.28. The second-order valence-electron chi connectivity index (χ2n) is 4.66. The van der Waals surface area contributed by atoms with E-state index in [2.05, 4.69) is 4.98 Å². The molecule has 0 radical (unpaired) electrons. The summed E-state index contributed by atoms with van der Waals surface area (Å²) < 4.78 is 18.5. The lowest BCUT2D eigenvalue weighted by atomic mass is 10.2. The number of thiazole rings is 1. The highest BCUT2D eigenvalue weighted by atomic mass is 32.1. The monoisotopic (exact) mass is 322 g/mol. The van der Waals surface area contributed by atoms with E-state index in [1.165, 1.54) is 35.5 Å². The average Bonchev–Trinajstić information content (AvgIpc) is 2.93. The third kappa shape index (κ3) is 4.11. The second kappa shape index (κ2) is 7.13. The molecule has 2 aromatic rings. The number of aryl methyl sites for hydroxylation is 1. The van der Waals surface area contributed by atoms with Crippen LogP contribution in [0.5, 0.6) is 0 Å². The molecule has 1 aromatic carbocycles. The number of esters is 1. The average molecular weight is 322 g/mol. The summed E-state index contributed by atoms with van der Waals surface area (Å²) in [5.41, 5.74) is 0.405. The highest BCUT2D eigenvalue weighted by molar-refractivity contribution is 7.13. The summed E-state index contributed by atoms with van der Waals surface area (Å²) in [5, 5.41) is 0.745. The number of likely N-dealkylation sites (N-methyl/N-ethyl adjacent to an activating group) is 1. The van der Waals surface area contributed by atoms with Crippen LogP contribution in [-0.2, 0) is 16.1 Å². The summed E-state index contributed by atoms with van der Waals surface area (Å²) in [4.78, 5) is 29.2. The number of aromatic nitrogens is 1. The van der Waals surface area contributed by atoms with Crippen molar-refractivity contribution in [2.75, 3.05) is 13.7 Å². The molecule has 0 aliphatic rings. The van der Waals surface area contributed by atoms with Crippen molar-refractivity contribution in [3.63, 3.8) is 0 Å². The van der Waals surface area contributed by atoms with Crippen molar-refractivity contribution < 1.29 is 18.7 Å².